The molecule has 3 rings (SSSR count). The van der Waals surface area contributed by atoms with E-state index < -0.39 is 0 Å². The summed E-state index contributed by atoms with van der Waals surface area (Å²) in [5, 5.41) is 0. The van der Waals surface area contributed by atoms with Gasteiger partial charge >= 0.3 is 0 Å². The quantitative estimate of drug-likeness (QED) is 0.785. The molecule has 2 bridgehead atoms. The Morgan fingerprint density at radius 3 is 2.67 bits per heavy atom. The van der Waals surface area contributed by atoms with Crippen molar-refractivity contribution in [1.82, 2.24) is 14.8 Å². The molecule has 18 heavy (non-hydrogen) atoms. The summed E-state index contributed by atoms with van der Waals surface area (Å²) in [5.74, 6) is 0.152. The molecule has 2 unspecified atom stereocenters. The minimum Gasteiger partial charge on any atom is -0.330 e. The summed E-state index contributed by atoms with van der Waals surface area (Å²) >= 11 is 0. The molecule has 2 atom stereocenters. The van der Waals surface area contributed by atoms with Crippen molar-refractivity contribution in [3.8, 4) is 0 Å². The highest BCUT2D eigenvalue weighted by atomic mass is 16.2. The lowest BCUT2D eigenvalue weighted by Crippen LogP contribution is -2.69. The molecule has 0 radical (unpaired) electrons. The minimum atomic E-state index is 0.152. The van der Waals surface area contributed by atoms with Crippen LogP contribution in [0.2, 0.25) is 0 Å². The molecule has 2 fully saturated rings. The van der Waals surface area contributed by atoms with Gasteiger partial charge in [0.1, 0.15) is 0 Å². The van der Waals surface area contributed by atoms with Crippen molar-refractivity contribution in [1.29, 1.82) is 0 Å². The van der Waals surface area contributed by atoms with Gasteiger partial charge in [-0.1, -0.05) is 6.92 Å². The van der Waals surface area contributed by atoms with Crippen LogP contribution in [0.3, 0.4) is 0 Å². The first-order valence-electron chi connectivity index (χ1n) is 6.65. The van der Waals surface area contributed by atoms with E-state index in [2.05, 4.69) is 23.9 Å². The second-order valence-electron chi connectivity index (χ2n) is 5.37. The first-order chi connectivity index (χ1) is 8.69. The molecule has 4 heteroatoms. The minimum absolute atomic E-state index is 0.152. The van der Waals surface area contributed by atoms with E-state index in [0.29, 0.717) is 12.1 Å². The molecule has 1 aromatic rings. The predicted octanol–water partition coefficient (Wildman–Crippen LogP) is 1.17. The molecular formula is C14H19N3O. The Morgan fingerprint density at radius 1 is 1.39 bits per heavy atom. The van der Waals surface area contributed by atoms with E-state index in [4.69, 9.17) is 0 Å². The maximum Gasteiger partial charge on any atom is 0.256 e. The third kappa shape index (κ3) is 1.81. The summed E-state index contributed by atoms with van der Waals surface area (Å²) < 4.78 is 0. The number of piperazine rings is 1. The van der Waals surface area contributed by atoms with Gasteiger partial charge in [-0.3, -0.25) is 9.78 Å². The van der Waals surface area contributed by atoms with Gasteiger partial charge in [-0.25, -0.2) is 0 Å². The smallest absolute Gasteiger partial charge is 0.256 e. The Kier molecular flexibility index (Phi) is 2.82. The van der Waals surface area contributed by atoms with Crippen LogP contribution in [0.25, 0.3) is 0 Å². The number of hydrogen-bond acceptors (Lipinski definition) is 3. The van der Waals surface area contributed by atoms with Crippen LogP contribution in [-0.4, -0.2) is 52.9 Å². The van der Waals surface area contributed by atoms with Crippen LogP contribution < -0.4 is 0 Å². The second-order valence-corrected chi connectivity index (χ2v) is 5.37. The number of piperidine rings is 1. The molecule has 1 amide bonds. The Balaban J connectivity index is 1.75. The average molecular weight is 245 g/mol. The number of aryl methyl sites for hydroxylation is 1. The lowest BCUT2D eigenvalue weighted by Gasteiger charge is -2.55. The Bertz CT molecular complexity index is 445. The summed E-state index contributed by atoms with van der Waals surface area (Å²) in [6.45, 7) is 4.07. The second kappa shape index (κ2) is 4.35. The van der Waals surface area contributed by atoms with E-state index in [1.165, 1.54) is 0 Å². The number of carbonyl (C=O) groups is 1. The number of aromatic nitrogens is 1. The molecule has 4 nitrogen and oxygen atoms in total. The molecule has 1 aromatic heterocycles. The van der Waals surface area contributed by atoms with Gasteiger partial charge in [0.15, 0.2) is 0 Å². The van der Waals surface area contributed by atoms with Gasteiger partial charge in [0.25, 0.3) is 5.91 Å². The molecule has 0 N–H and O–H groups in total. The molecule has 96 valence electrons. The summed E-state index contributed by atoms with van der Waals surface area (Å²) in [6, 6.07) is 4.68. The van der Waals surface area contributed by atoms with Crippen molar-refractivity contribution in [3.63, 3.8) is 0 Å². The van der Waals surface area contributed by atoms with E-state index in [0.717, 1.165) is 37.2 Å². The van der Waals surface area contributed by atoms with Crippen LogP contribution in [0.1, 0.15) is 29.4 Å². The maximum atomic E-state index is 12.4. The van der Waals surface area contributed by atoms with E-state index in [9.17, 15) is 4.79 Å². The Morgan fingerprint density at radius 2 is 2.11 bits per heavy atom. The third-order valence-electron chi connectivity index (χ3n) is 4.04. The van der Waals surface area contributed by atoms with Gasteiger partial charge in [0.2, 0.25) is 0 Å². The first kappa shape index (κ1) is 11.7. The number of hydrogen-bond donors (Lipinski definition) is 0. The zero-order chi connectivity index (χ0) is 12.7. The topological polar surface area (TPSA) is 36.4 Å². The standard InChI is InChI=1S/C14H19N3O/c1-3-11-5-4-10(7-15-11)14(18)17-12-6-13(17)9-16(2)8-12/h4-5,7,12-13H,3,6,8-9H2,1-2H3. The van der Waals surface area contributed by atoms with E-state index in [1.54, 1.807) is 6.20 Å². The lowest BCUT2D eigenvalue weighted by molar-refractivity contribution is -0.0397. The van der Waals surface area contributed by atoms with Crippen LogP contribution in [-0.2, 0) is 6.42 Å². The molecule has 2 aliphatic rings. The van der Waals surface area contributed by atoms with Crippen molar-refractivity contribution in [3.05, 3.63) is 29.6 Å². The van der Waals surface area contributed by atoms with Gasteiger partial charge in [0.05, 0.1) is 5.56 Å². The zero-order valence-corrected chi connectivity index (χ0v) is 11.0. The van der Waals surface area contributed by atoms with Crippen LogP contribution in [0, 0.1) is 0 Å². The highest BCUT2D eigenvalue weighted by molar-refractivity contribution is 5.95. The van der Waals surface area contributed by atoms with Gasteiger partial charge in [-0.05, 0) is 32.0 Å². The van der Waals surface area contributed by atoms with Gasteiger partial charge in [-0.2, -0.15) is 0 Å². The van der Waals surface area contributed by atoms with Crippen LogP contribution >= 0.6 is 0 Å². The van der Waals surface area contributed by atoms with Crippen molar-refractivity contribution >= 4 is 5.91 Å². The summed E-state index contributed by atoms with van der Waals surface area (Å²) in [6.07, 6.45) is 3.80. The molecule has 0 spiro atoms. The van der Waals surface area contributed by atoms with E-state index in [1.807, 2.05) is 17.0 Å². The van der Waals surface area contributed by atoms with Crippen LogP contribution in [0.15, 0.2) is 18.3 Å². The van der Waals surface area contributed by atoms with Crippen molar-refractivity contribution in [2.75, 3.05) is 20.1 Å². The van der Waals surface area contributed by atoms with Gasteiger partial charge in [-0.15, -0.1) is 0 Å². The number of carbonyl (C=O) groups excluding carboxylic acids is 1. The normalized spacial score (nSPS) is 26.9. The summed E-state index contributed by atoms with van der Waals surface area (Å²) in [4.78, 5) is 21.1. The number of amides is 1. The highest BCUT2D eigenvalue weighted by Gasteiger charge is 2.46. The van der Waals surface area contributed by atoms with Crippen molar-refractivity contribution in [2.45, 2.75) is 31.8 Å². The highest BCUT2D eigenvalue weighted by Crippen LogP contribution is 2.32. The SMILES string of the molecule is CCc1ccc(C(=O)N2C3CC2CN(C)C3)cn1. The number of fused-ring (bicyclic) bond motifs is 2. The monoisotopic (exact) mass is 245 g/mol. The average Bonchev–Trinajstić information content (AvgIpc) is 2.38. The molecule has 0 aliphatic carbocycles. The summed E-state index contributed by atoms with van der Waals surface area (Å²) in [5.41, 5.74) is 1.77. The Hall–Kier alpha value is -1.42. The fourth-order valence-corrected chi connectivity index (χ4v) is 3.06. The van der Waals surface area contributed by atoms with E-state index >= 15 is 0 Å². The Labute approximate surface area is 108 Å². The fraction of sp³-hybridized carbons (Fsp3) is 0.571. The largest absolute Gasteiger partial charge is 0.330 e. The van der Waals surface area contributed by atoms with Gasteiger partial charge in [0, 0.05) is 37.1 Å². The molecule has 0 aromatic carbocycles. The zero-order valence-electron chi connectivity index (χ0n) is 11.0. The fourth-order valence-electron chi connectivity index (χ4n) is 3.06. The molecule has 0 saturated carbocycles. The molecule has 3 heterocycles. The van der Waals surface area contributed by atoms with Crippen LogP contribution in [0.4, 0.5) is 0 Å². The number of nitrogens with zero attached hydrogens (tertiary/aromatic N) is 3. The number of likely N-dealkylation sites (tertiary alicyclic amines) is 2. The number of rotatable bonds is 2. The molecular weight excluding hydrogens is 226 g/mol. The third-order valence-corrected chi connectivity index (χ3v) is 4.04. The molecule has 2 aliphatic heterocycles. The van der Waals surface area contributed by atoms with Crippen molar-refractivity contribution in [2.24, 2.45) is 0 Å². The van der Waals surface area contributed by atoms with Crippen LogP contribution in [0.5, 0.6) is 0 Å². The lowest BCUT2D eigenvalue weighted by atomic mass is 9.87. The van der Waals surface area contributed by atoms with E-state index in [-0.39, 0.29) is 5.91 Å². The number of pyridine rings is 1. The number of likely N-dealkylation sites (N-methyl/N-ethyl adjacent to an activating group) is 1. The van der Waals surface area contributed by atoms with Crippen molar-refractivity contribution < 1.29 is 4.79 Å². The summed E-state index contributed by atoms with van der Waals surface area (Å²) in [7, 11) is 2.12. The maximum absolute atomic E-state index is 12.4. The van der Waals surface area contributed by atoms with Gasteiger partial charge < -0.3 is 9.80 Å². The predicted molar refractivity (Wildman–Crippen MR) is 69.5 cm³/mol. The first-order valence-corrected chi connectivity index (χ1v) is 6.65. The molecule has 2 saturated heterocycles.